The summed E-state index contributed by atoms with van der Waals surface area (Å²) in [6, 6.07) is 0.212. The Balaban J connectivity index is 2.02. The van der Waals surface area contributed by atoms with Gasteiger partial charge in [-0.25, -0.2) is 9.97 Å². The smallest absolute Gasteiger partial charge is 0.316 e. The van der Waals surface area contributed by atoms with Crippen molar-refractivity contribution >= 4 is 21.8 Å². The first-order valence-corrected chi connectivity index (χ1v) is 7.99. The predicted octanol–water partition coefficient (Wildman–Crippen LogP) is 0.780. The van der Waals surface area contributed by atoms with Crippen molar-refractivity contribution in [2.24, 2.45) is 0 Å². The largest absolute Gasteiger partial charge is 0.459 e. The van der Waals surface area contributed by atoms with Crippen molar-refractivity contribution in [1.82, 2.24) is 18.6 Å². The molecule has 0 amide bonds. The summed E-state index contributed by atoms with van der Waals surface area (Å²) < 4.78 is 32.4. The van der Waals surface area contributed by atoms with E-state index < -0.39 is 10.2 Å². The SMILES string of the molecule is CN(C)S(=O)(=O)N1CCCC(Oc2ncc(Cl)cn2)C1. The van der Waals surface area contributed by atoms with Gasteiger partial charge in [-0.2, -0.15) is 17.0 Å². The average molecular weight is 321 g/mol. The summed E-state index contributed by atoms with van der Waals surface area (Å²) in [5, 5.41) is 0.429. The van der Waals surface area contributed by atoms with Gasteiger partial charge in [-0.15, -0.1) is 0 Å². The Morgan fingerprint density at radius 2 is 2.05 bits per heavy atom. The molecule has 7 nitrogen and oxygen atoms in total. The number of hydrogen-bond donors (Lipinski definition) is 0. The van der Waals surface area contributed by atoms with E-state index >= 15 is 0 Å². The van der Waals surface area contributed by atoms with E-state index in [1.807, 2.05) is 0 Å². The zero-order valence-corrected chi connectivity index (χ0v) is 12.9. The number of piperidine rings is 1. The molecule has 1 aromatic heterocycles. The molecule has 1 atom stereocenters. The Kier molecular flexibility index (Phi) is 4.79. The Hall–Kier alpha value is -0.960. The maximum Gasteiger partial charge on any atom is 0.316 e. The van der Waals surface area contributed by atoms with Gasteiger partial charge in [0.1, 0.15) is 6.10 Å². The second-order valence-electron chi connectivity index (χ2n) is 4.71. The molecule has 2 heterocycles. The number of nitrogens with zero attached hydrogens (tertiary/aromatic N) is 4. The van der Waals surface area contributed by atoms with Gasteiger partial charge in [0.2, 0.25) is 0 Å². The standard InChI is InChI=1S/C11H17ClN4O3S/c1-15(2)20(17,18)16-5-3-4-10(8-16)19-11-13-6-9(12)7-14-11/h6-7,10H,3-5,8H2,1-2H3. The molecule has 1 aliphatic heterocycles. The summed E-state index contributed by atoms with van der Waals surface area (Å²) in [5.41, 5.74) is 0. The minimum Gasteiger partial charge on any atom is -0.459 e. The molecule has 1 saturated heterocycles. The predicted molar refractivity (Wildman–Crippen MR) is 74.9 cm³/mol. The third-order valence-corrected chi connectivity index (χ3v) is 5.10. The number of aromatic nitrogens is 2. The molecule has 0 spiro atoms. The molecule has 0 N–H and O–H groups in total. The molecule has 0 aliphatic carbocycles. The lowest BCUT2D eigenvalue weighted by Crippen LogP contribution is -2.48. The first-order valence-electron chi connectivity index (χ1n) is 6.21. The van der Waals surface area contributed by atoms with Crippen LogP contribution in [0.25, 0.3) is 0 Å². The number of halogens is 1. The van der Waals surface area contributed by atoms with Gasteiger partial charge in [-0.1, -0.05) is 11.6 Å². The fraction of sp³-hybridized carbons (Fsp3) is 0.636. The molecule has 0 radical (unpaired) electrons. The van der Waals surface area contributed by atoms with Gasteiger partial charge < -0.3 is 4.74 Å². The third kappa shape index (κ3) is 3.57. The highest BCUT2D eigenvalue weighted by molar-refractivity contribution is 7.86. The summed E-state index contributed by atoms with van der Waals surface area (Å²) in [7, 11) is -0.375. The second-order valence-corrected chi connectivity index (χ2v) is 7.29. The summed E-state index contributed by atoms with van der Waals surface area (Å²) >= 11 is 5.70. The van der Waals surface area contributed by atoms with E-state index in [-0.39, 0.29) is 12.1 Å². The van der Waals surface area contributed by atoms with Crippen molar-refractivity contribution in [3.63, 3.8) is 0 Å². The molecule has 0 saturated carbocycles. The molecule has 1 aromatic rings. The molecule has 2 rings (SSSR count). The highest BCUT2D eigenvalue weighted by Gasteiger charge is 2.31. The van der Waals surface area contributed by atoms with Gasteiger partial charge in [0, 0.05) is 20.6 Å². The lowest BCUT2D eigenvalue weighted by molar-refractivity contribution is 0.117. The fourth-order valence-corrected chi connectivity index (χ4v) is 3.23. The normalized spacial score (nSPS) is 21.1. The Bertz CT molecular complexity index is 549. The minimum atomic E-state index is -3.41. The zero-order chi connectivity index (χ0) is 14.8. The first kappa shape index (κ1) is 15.4. The number of rotatable bonds is 4. The minimum absolute atomic E-state index is 0.212. The van der Waals surface area contributed by atoms with Gasteiger partial charge in [-0.05, 0) is 12.8 Å². The monoisotopic (exact) mass is 320 g/mol. The van der Waals surface area contributed by atoms with Crippen molar-refractivity contribution in [2.75, 3.05) is 27.2 Å². The maximum atomic E-state index is 12.1. The molecular weight excluding hydrogens is 304 g/mol. The third-order valence-electron chi connectivity index (χ3n) is 3.00. The van der Waals surface area contributed by atoms with Gasteiger partial charge in [0.15, 0.2) is 0 Å². The van der Waals surface area contributed by atoms with E-state index in [1.165, 1.54) is 35.1 Å². The summed E-state index contributed by atoms with van der Waals surface area (Å²) in [4.78, 5) is 7.90. The Morgan fingerprint density at radius 1 is 1.40 bits per heavy atom. The van der Waals surface area contributed by atoms with Crippen molar-refractivity contribution in [2.45, 2.75) is 18.9 Å². The molecule has 1 fully saturated rings. The van der Waals surface area contributed by atoms with Crippen LogP contribution in [0.15, 0.2) is 12.4 Å². The second kappa shape index (κ2) is 6.21. The van der Waals surface area contributed by atoms with Crippen molar-refractivity contribution < 1.29 is 13.2 Å². The van der Waals surface area contributed by atoms with E-state index in [4.69, 9.17) is 16.3 Å². The van der Waals surface area contributed by atoms with E-state index in [2.05, 4.69) is 9.97 Å². The summed E-state index contributed by atoms with van der Waals surface area (Å²) in [5.74, 6) is 0. The van der Waals surface area contributed by atoms with Gasteiger partial charge in [0.25, 0.3) is 10.2 Å². The topological polar surface area (TPSA) is 75.6 Å². The van der Waals surface area contributed by atoms with E-state index in [1.54, 1.807) is 0 Å². The molecule has 1 aliphatic rings. The molecule has 112 valence electrons. The van der Waals surface area contributed by atoms with Crippen LogP contribution in [0.1, 0.15) is 12.8 Å². The molecule has 0 aromatic carbocycles. The number of hydrogen-bond acceptors (Lipinski definition) is 5. The fourth-order valence-electron chi connectivity index (χ4n) is 1.95. The lowest BCUT2D eigenvalue weighted by Gasteiger charge is -2.32. The average Bonchev–Trinajstić information content (AvgIpc) is 2.41. The van der Waals surface area contributed by atoms with Crippen LogP contribution >= 0.6 is 11.6 Å². The lowest BCUT2D eigenvalue weighted by atomic mass is 10.1. The van der Waals surface area contributed by atoms with Crippen molar-refractivity contribution in [3.05, 3.63) is 17.4 Å². The van der Waals surface area contributed by atoms with Crippen molar-refractivity contribution in [1.29, 1.82) is 0 Å². The highest BCUT2D eigenvalue weighted by Crippen LogP contribution is 2.19. The molecular formula is C11H17ClN4O3S. The first-order chi connectivity index (χ1) is 9.39. The molecule has 0 bridgehead atoms. The van der Waals surface area contributed by atoms with Crippen LogP contribution in [0.4, 0.5) is 0 Å². The van der Waals surface area contributed by atoms with E-state index in [9.17, 15) is 8.42 Å². The van der Waals surface area contributed by atoms with Crippen LogP contribution in [-0.4, -0.2) is 60.3 Å². The van der Waals surface area contributed by atoms with Crippen LogP contribution in [0.2, 0.25) is 5.02 Å². The van der Waals surface area contributed by atoms with Gasteiger partial charge in [-0.3, -0.25) is 0 Å². The van der Waals surface area contributed by atoms with Crippen LogP contribution in [0.3, 0.4) is 0 Å². The maximum absolute atomic E-state index is 12.1. The van der Waals surface area contributed by atoms with Crippen LogP contribution in [0, 0.1) is 0 Å². The van der Waals surface area contributed by atoms with Crippen LogP contribution < -0.4 is 4.74 Å². The Labute approximate surface area is 123 Å². The van der Waals surface area contributed by atoms with Gasteiger partial charge in [0.05, 0.1) is 24.0 Å². The van der Waals surface area contributed by atoms with Crippen LogP contribution in [0.5, 0.6) is 6.01 Å². The zero-order valence-electron chi connectivity index (χ0n) is 11.4. The van der Waals surface area contributed by atoms with E-state index in [0.29, 0.717) is 18.1 Å². The van der Waals surface area contributed by atoms with Crippen molar-refractivity contribution in [3.8, 4) is 6.01 Å². The van der Waals surface area contributed by atoms with Gasteiger partial charge >= 0.3 is 6.01 Å². The van der Waals surface area contributed by atoms with E-state index in [0.717, 1.165) is 12.8 Å². The summed E-state index contributed by atoms with van der Waals surface area (Å²) in [6.45, 7) is 0.800. The molecule has 9 heteroatoms. The van der Waals surface area contributed by atoms with Crippen LogP contribution in [-0.2, 0) is 10.2 Å². The molecule has 1 unspecified atom stereocenters. The summed E-state index contributed by atoms with van der Waals surface area (Å²) in [6.07, 6.45) is 4.15. The quantitative estimate of drug-likeness (QED) is 0.819. The number of ether oxygens (including phenoxy) is 1. The Morgan fingerprint density at radius 3 is 2.65 bits per heavy atom. The highest BCUT2D eigenvalue weighted by atomic mass is 35.5. The molecule has 20 heavy (non-hydrogen) atoms.